The summed E-state index contributed by atoms with van der Waals surface area (Å²) in [6, 6.07) is 3.02. The van der Waals surface area contributed by atoms with E-state index < -0.39 is 0 Å². The van der Waals surface area contributed by atoms with Gasteiger partial charge in [0.05, 0.1) is 11.7 Å². The zero-order chi connectivity index (χ0) is 12.1. The van der Waals surface area contributed by atoms with E-state index in [0.717, 1.165) is 23.6 Å². The van der Waals surface area contributed by atoms with E-state index >= 15 is 0 Å². The van der Waals surface area contributed by atoms with Gasteiger partial charge in [0.1, 0.15) is 0 Å². The van der Waals surface area contributed by atoms with Crippen molar-refractivity contribution in [3.63, 3.8) is 0 Å². The van der Waals surface area contributed by atoms with Crippen LogP contribution in [0, 0.1) is 0 Å². The van der Waals surface area contributed by atoms with Gasteiger partial charge in [-0.05, 0) is 24.7 Å². The normalized spacial score (nSPS) is 18.7. The Morgan fingerprint density at radius 2 is 2.29 bits per heavy atom. The van der Waals surface area contributed by atoms with Crippen LogP contribution in [0.5, 0.6) is 0 Å². The largest absolute Gasteiger partial charge is 0.327 e. The van der Waals surface area contributed by atoms with Crippen molar-refractivity contribution in [2.45, 2.75) is 51.1 Å². The molecule has 1 aliphatic carbocycles. The Morgan fingerprint density at radius 1 is 1.53 bits per heavy atom. The molecule has 1 fully saturated rings. The first-order valence-corrected chi connectivity index (χ1v) is 7.82. The summed E-state index contributed by atoms with van der Waals surface area (Å²) in [5.41, 5.74) is 7.24. The quantitative estimate of drug-likeness (QED) is 0.847. The molecule has 1 unspecified atom stereocenters. The molecule has 0 aromatic carbocycles. The minimum Gasteiger partial charge on any atom is -0.327 e. The fourth-order valence-corrected chi connectivity index (χ4v) is 3.11. The molecule has 2 rings (SSSR count). The third kappa shape index (κ3) is 3.75. The molecule has 1 aliphatic rings. The van der Waals surface area contributed by atoms with Crippen LogP contribution in [0.3, 0.4) is 0 Å². The number of hydrogen-bond acceptors (Lipinski definition) is 3. The summed E-state index contributed by atoms with van der Waals surface area (Å²) < 4.78 is 2.15. The minimum absolute atomic E-state index is 0.242. The van der Waals surface area contributed by atoms with Crippen LogP contribution < -0.4 is 5.73 Å². The summed E-state index contributed by atoms with van der Waals surface area (Å²) in [4.78, 5) is 0. The topological polar surface area (TPSA) is 43.8 Å². The molecule has 96 valence electrons. The zero-order valence-electron chi connectivity index (χ0n) is 10.6. The summed E-state index contributed by atoms with van der Waals surface area (Å²) in [6.45, 7) is 2.17. The molecule has 0 spiro atoms. The molecule has 3 nitrogen and oxygen atoms in total. The summed E-state index contributed by atoms with van der Waals surface area (Å²) >= 11 is 1.91. The van der Waals surface area contributed by atoms with E-state index in [1.807, 2.05) is 11.8 Å². The average molecular weight is 253 g/mol. The molecule has 0 aliphatic heterocycles. The van der Waals surface area contributed by atoms with Gasteiger partial charge < -0.3 is 5.73 Å². The van der Waals surface area contributed by atoms with Gasteiger partial charge in [-0.2, -0.15) is 16.9 Å². The summed E-state index contributed by atoms with van der Waals surface area (Å²) in [5.74, 6) is 2.18. The smallest absolute Gasteiger partial charge is 0.0640 e. The molecular formula is C13H23N3S. The van der Waals surface area contributed by atoms with Crippen LogP contribution in [0.15, 0.2) is 12.3 Å². The minimum atomic E-state index is 0.242. The molecule has 0 radical (unpaired) electrons. The highest BCUT2D eigenvalue weighted by Gasteiger charge is 2.17. The maximum absolute atomic E-state index is 6.08. The molecule has 1 aromatic rings. The fraction of sp³-hybridized carbons (Fsp3) is 0.769. The first-order chi connectivity index (χ1) is 8.29. The van der Waals surface area contributed by atoms with Gasteiger partial charge in [0, 0.05) is 24.4 Å². The molecule has 2 N–H and O–H groups in total. The molecule has 1 saturated carbocycles. The SMILES string of the molecule is CCSCC(N)Cc1ccn(C2CCCC2)n1. The van der Waals surface area contributed by atoms with Gasteiger partial charge in [0.15, 0.2) is 0 Å². The molecule has 17 heavy (non-hydrogen) atoms. The lowest BCUT2D eigenvalue weighted by Crippen LogP contribution is -2.26. The standard InChI is InChI=1S/C13H23N3S/c1-2-17-10-11(14)9-12-7-8-16(15-12)13-5-3-4-6-13/h7-8,11,13H,2-6,9-10,14H2,1H3. The van der Waals surface area contributed by atoms with Crippen LogP contribution in [-0.2, 0) is 6.42 Å². The van der Waals surface area contributed by atoms with E-state index in [4.69, 9.17) is 5.73 Å². The Kier molecular flexibility index (Phi) is 4.92. The number of aromatic nitrogens is 2. The van der Waals surface area contributed by atoms with Gasteiger partial charge in [-0.3, -0.25) is 4.68 Å². The number of rotatable bonds is 6. The van der Waals surface area contributed by atoms with Crippen molar-refractivity contribution in [1.29, 1.82) is 0 Å². The van der Waals surface area contributed by atoms with Crippen LogP contribution >= 0.6 is 11.8 Å². The molecular weight excluding hydrogens is 230 g/mol. The van der Waals surface area contributed by atoms with Crippen LogP contribution in [0.4, 0.5) is 0 Å². The van der Waals surface area contributed by atoms with Crippen LogP contribution in [0.2, 0.25) is 0 Å². The molecule has 4 heteroatoms. The first-order valence-electron chi connectivity index (χ1n) is 6.67. The van der Waals surface area contributed by atoms with Crippen molar-refractivity contribution in [3.8, 4) is 0 Å². The monoisotopic (exact) mass is 253 g/mol. The number of hydrogen-bond donors (Lipinski definition) is 1. The van der Waals surface area contributed by atoms with Gasteiger partial charge in [-0.1, -0.05) is 19.8 Å². The Balaban J connectivity index is 1.84. The number of nitrogens with zero attached hydrogens (tertiary/aromatic N) is 2. The third-order valence-electron chi connectivity index (χ3n) is 3.37. The number of thioether (sulfide) groups is 1. The van der Waals surface area contributed by atoms with Crippen LogP contribution in [-0.4, -0.2) is 27.3 Å². The fourth-order valence-electron chi connectivity index (χ4n) is 2.46. The second-order valence-corrected chi connectivity index (χ2v) is 6.17. The number of nitrogens with two attached hydrogens (primary N) is 1. The maximum atomic E-state index is 6.08. The van der Waals surface area contributed by atoms with Crippen molar-refractivity contribution < 1.29 is 0 Å². The Bertz CT molecular complexity index is 331. The van der Waals surface area contributed by atoms with E-state index in [9.17, 15) is 0 Å². The molecule has 0 amide bonds. The van der Waals surface area contributed by atoms with Gasteiger partial charge >= 0.3 is 0 Å². The Labute approximate surface area is 108 Å². The van der Waals surface area contributed by atoms with E-state index in [-0.39, 0.29) is 6.04 Å². The predicted molar refractivity (Wildman–Crippen MR) is 74.4 cm³/mol. The van der Waals surface area contributed by atoms with Crippen molar-refractivity contribution >= 4 is 11.8 Å². The first kappa shape index (κ1) is 13.0. The molecule has 1 heterocycles. The molecule has 1 atom stereocenters. The lowest BCUT2D eigenvalue weighted by atomic mass is 10.2. The molecule has 0 bridgehead atoms. The van der Waals surface area contributed by atoms with E-state index in [0.29, 0.717) is 6.04 Å². The van der Waals surface area contributed by atoms with Crippen molar-refractivity contribution in [2.75, 3.05) is 11.5 Å². The lowest BCUT2D eigenvalue weighted by Gasteiger charge is -2.10. The van der Waals surface area contributed by atoms with E-state index in [1.165, 1.54) is 25.7 Å². The van der Waals surface area contributed by atoms with Crippen LogP contribution in [0.25, 0.3) is 0 Å². The average Bonchev–Trinajstić information content (AvgIpc) is 2.95. The maximum Gasteiger partial charge on any atom is 0.0640 e. The van der Waals surface area contributed by atoms with Gasteiger partial charge in [0.25, 0.3) is 0 Å². The second kappa shape index (κ2) is 6.45. The van der Waals surface area contributed by atoms with Gasteiger partial charge in [-0.25, -0.2) is 0 Å². The Hall–Kier alpha value is -0.480. The van der Waals surface area contributed by atoms with E-state index in [2.05, 4.69) is 29.0 Å². The predicted octanol–water partition coefficient (Wildman–Crippen LogP) is 2.62. The highest BCUT2D eigenvalue weighted by Crippen LogP contribution is 2.28. The van der Waals surface area contributed by atoms with Crippen molar-refractivity contribution in [2.24, 2.45) is 5.73 Å². The van der Waals surface area contributed by atoms with Gasteiger partial charge in [0.2, 0.25) is 0 Å². The van der Waals surface area contributed by atoms with Gasteiger partial charge in [-0.15, -0.1) is 0 Å². The van der Waals surface area contributed by atoms with E-state index in [1.54, 1.807) is 0 Å². The lowest BCUT2D eigenvalue weighted by molar-refractivity contribution is 0.461. The second-order valence-electron chi connectivity index (χ2n) is 4.85. The summed E-state index contributed by atoms with van der Waals surface area (Å²) in [5, 5.41) is 4.67. The third-order valence-corrected chi connectivity index (χ3v) is 4.44. The summed E-state index contributed by atoms with van der Waals surface area (Å²) in [6.07, 6.45) is 8.33. The highest BCUT2D eigenvalue weighted by molar-refractivity contribution is 7.99. The van der Waals surface area contributed by atoms with Crippen molar-refractivity contribution in [3.05, 3.63) is 18.0 Å². The van der Waals surface area contributed by atoms with Crippen molar-refractivity contribution in [1.82, 2.24) is 9.78 Å². The molecule has 1 aromatic heterocycles. The van der Waals surface area contributed by atoms with Crippen LogP contribution in [0.1, 0.15) is 44.3 Å². The zero-order valence-corrected chi connectivity index (χ0v) is 11.5. The highest BCUT2D eigenvalue weighted by atomic mass is 32.2. The summed E-state index contributed by atoms with van der Waals surface area (Å²) in [7, 11) is 0. The molecule has 0 saturated heterocycles. The Morgan fingerprint density at radius 3 is 3.00 bits per heavy atom.